The fraction of sp³-hybridized carbons (Fsp3) is 0.273. The Morgan fingerprint density at radius 2 is 2.00 bits per heavy atom. The summed E-state index contributed by atoms with van der Waals surface area (Å²) in [6.07, 6.45) is 0.475. The van der Waals surface area contributed by atoms with E-state index in [-0.39, 0.29) is 6.54 Å². The molecule has 0 spiro atoms. The molecular weight excluding hydrogens is 377 g/mol. The van der Waals surface area contributed by atoms with E-state index in [1.807, 2.05) is 12.1 Å². The van der Waals surface area contributed by atoms with Gasteiger partial charge in [-0.3, -0.25) is 0 Å². The van der Waals surface area contributed by atoms with Gasteiger partial charge in [-0.05, 0) is 54.4 Å². The third kappa shape index (κ3) is 4.40. The number of aromatic nitrogens is 2. The van der Waals surface area contributed by atoms with Gasteiger partial charge in [0.25, 0.3) is 0 Å². The van der Waals surface area contributed by atoms with Crippen LogP contribution in [0.25, 0.3) is 16.5 Å². The molecule has 1 aliphatic rings. The lowest BCUT2D eigenvalue weighted by atomic mass is 9.98. The van der Waals surface area contributed by atoms with E-state index in [0.29, 0.717) is 5.56 Å². The van der Waals surface area contributed by atoms with Gasteiger partial charge < -0.3 is 10.2 Å². The molecule has 0 fully saturated rings. The van der Waals surface area contributed by atoms with Crippen molar-refractivity contribution in [2.75, 3.05) is 25.5 Å². The molecule has 4 rings (SSSR count). The molecule has 0 radical (unpaired) electrons. The summed E-state index contributed by atoms with van der Waals surface area (Å²) in [5, 5.41) is 12.3. The normalized spacial score (nSPS) is 15.4. The number of hydrogen-bond acceptors (Lipinski definition) is 4. The minimum atomic E-state index is -4.35. The van der Waals surface area contributed by atoms with Crippen LogP contribution in [-0.4, -0.2) is 35.2 Å². The molecular formula is C22H21F3N4. The van der Waals surface area contributed by atoms with Crippen molar-refractivity contribution in [1.29, 1.82) is 0 Å². The molecule has 0 bridgehead atoms. The largest absolute Gasteiger partial charge is 0.416 e. The summed E-state index contributed by atoms with van der Waals surface area (Å²) in [7, 11) is 2.10. The molecule has 0 unspecified atom stereocenters. The molecule has 4 nitrogen and oxygen atoms in total. The predicted molar refractivity (Wildman–Crippen MR) is 108 cm³/mol. The van der Waals surface area contributed by atoms with Gasteiger partial charge in [0.15, 0.2) is 0 Å². The molecule has 2 aromatic carbocycles. The first kappa shape index (κ1) is 19.4. The third-order valence-corrected chi connectivity index (χ3v) is 5.16. The second-order valence-corrected chi connectivity index (χ2v) is 7.28. The second kappa shape index (κ2) is 7.83. The maximum Gasteiger partial charge on any atom is 0.416 e. The van der Waals surface area contributed by atoms with Gasteiger partial charge in [-0.15, -0.1) is 0 Å². The Hall–Kier alpha value is -2.93. The fourth-order valence-electron chi connectivity index (χ4n) is 3.49. The fourth-order valence-corrected chi connectivity index (χ4v) is 3.49. The molecule has 0 aliphatic carbocycles. The number of anilines is 1. The first-order valence-electron chi connectivity index (χ1n) is 9.43. The maximum atomic E-state index is 12.9. The van der Waals surface area contributed by atoms with Crippen LogP contribution in [0.15, 0.2) is 54.7 Å². The van der Waals surface area contributed by atoms with Crippen molar-refractivity contribution in [3.05, 3.63) is 71.4 Å². The number of nitrogens with one attached hydrogen (secondary N) is 1. The van der Waals surface area contributed by atoms with Crippen LogP contribution < -0.4 is 5.32 Å². The Morgan fingerprint density at radius 3 is 2.76 bits per heavy atom. The van der Waals surface area contributed by atoms with E-state index in [0.717, 1.165) is 47.7 Å². The molecule has 1 aromatic heterocycles. The maximum absolute atomic E-state index is 12.9. The van der Waals surface area contributed by atoms with E-state index < -0.39 is 11.7 Å². The number of nitrogens with zero attached hydrogens (tertiary/aromatic N) is 3. The topological polar surface area (TPSA) is 41.1 Å². The molecule has 150 valence electrons. The summed E-state index contributed by atoms with van der Waals surface area (Å²) >= 11 is 0. The van der Waals surface area contributed by atoms with E-state index in [2.05, 4.69) is 39.6 Å². The van der Waals surface area contributed by atoms with E-state index >= 15 is 0 Å². The van der Waals surface area contributed by atoms with Gasteiger partial charge in [-0.2, -0.15) is 23.4 Å². The molecule has 0 amide bonds. The monoisotopic (exact) mass is 398 g/mol. The average Bonchev–Trinajstić information content (AvgIpc) is 2.72. The van der Waals surface area contributed by atoms with Gasteiger partial charge >= 0.3 is 6.18 Å². The highest BCUT2D eigenvalue weighted by atomic mass is 19.4. The number of hydrogen-bond donors (Lipinski definition) is 1. The van der Waals surface area contributed by atoms with E-state index in [9.17, 15) is 13.2 Å². The zero-order valence-electron chi connectivity index (χ0n) is 16.0. The van der Waals surface area contributed by atoms with Crippen LogP contribution in [0, 0.1) is 0 Å². The highest BCUT2D eigenvalue weighted by Crippen LogP contribution is 2.31. The van der Waals surface area contributed by atoms with Crippen molar-refractivity contribution >= 4 is 22.2 Å². The van der Waals surface area contributed by atoms with Crippen molar-refractivity contribution in [3.8, 4) is 0 Å². The van der Waals surface area contributed by atoms with Gasteiger partial charge in [0, 0.05) is 25.0 Å². The number of alkyl halides is 3. The number of benzene rings is 2. The third-order valence-electron chi connectivity index (χ3n) is 5.16. The molecule has 0 saturated heterocycles. The summed E-state index contributed by atoms with van der Waals surface area (Å²) in [6, 6.07) is 11.4. The highest BCUT2D eigenvalue weighted by molar-refractivity contribution is 5.92. The molecule has 0 atom stereocenters. The lowest BCUT2D eigenvalue weighted by molar-refractivity contribution is -0.137. The number of halogens is 3. The number of rotatable bonds is 4. The Bertz CT molecular complexity index is 1060. The van der Waals surface area contributed by atoms with Gasteiger partial charge in [0.05, 0.1) is 23.0 Å². The Kier molecular flexibility index (Phi) is 5.24. The van der Waals surface area contributed by atoms with Crippen molar-refractivity contribution in [2.45, 2.75) is 19.1 Å². The Morgan fingerprint density at radius 1 is 1.14 bits per heavy atom. The Labute approximate surface area is 167 Å². The number of fused-ring (bicyclic) bond motifs is 1. The van der Waals surface area contributed by atoms with Crippen LogP contribution >= 0.6 is 0 Å². The predicted octanol–water partition coefficient (Wildman–Crippen LogP) is 4.98. The van der Waals surface area contributed by atoms with E-state index in [1.54, 1.807) is 12.3 Å². The molecule has 29 heavy (non-hydrogen) atoms. The quantitative estimate of drug-likeness (QED) is 0.673. The summed E-state index contributed by atoms with van der Waals surface area (Å²) in [5.41, 5.74) is 3.84. The molecule has 1 aliphatic heterocycles. The van der Waals surface area contributed by atoms with Crippen molar-refractivity contribution in [1.82, 2.24) is 15.1 Å². The van der Waals surface area contributed by atoms with Gasteiger partial charge in [0.2, 0.25) is 0 Å². The summed E-state index contributed by atoms with van der Waals surface area (Å²) in [5.74, 6) is 0. The van der Waals surface area contributed by atoms with Crippen molar-refractivity contribution < 1.29 is 13.2 Å². The lowest BCUT2D eigenvalue weighted by Crippen LogP contribution is -2.23. The van der Waals surface area contributed by atoms with Gasteiger partial charge in [-0.1, -0.05) is 24.3 Å². The average molecular weight is 398 g/mol. The molecule has 3 aromatic rings. The van der Waals surface area contributed by atoms with Crippen LogP contribution in [0.5, 0.6) is 0 Å². The van der Waals surface area contributed by atoms with Crippen LogP contribution in [0.3, 0.4) is 0 Å². The highest BCUT2D eigenvalue weighted by Gasteiger charge is 2.30. The molecule has 7 heteroatoms. The number of likely N-dealkylation sites (N-methyl/N-ethyl adjacent to an activating group) is 1. The molecule has 2 heterocycles. The molecule has 0 saturated carbocycles. The SMILES string of the molecule is CN1CC=C(c2ccc3nncc(NCc4cccc(C(F)(F)F)c4)c3c2)CC1. The first-order chi connectivity index (χ1) is 13.9. The van der Waals surface area contributed by atoms with Crippen LogP contribution in [0.4, 0.5) is 18.9 Å². The Balaban J connectivity index is 1.60. The van der Waals surface area contributed by atoms with Gasteiger partial charge in [-0.25, -0.2) is 0 Å². The van der Waals surface area contributed by atoms with Crippen molar-refractivity contribution in [2.24, 2.45) is 0 Å². The standard InChI is InChI=1S/C22H21F3N4/c1-29-9-7-16(8-10-29)17-5-6-20-19(12-17)21(14-27-28-20)26-13-15-3-2-4-18(11-15)22(23,24)25/h2-7,11-12,14H,8-10,13H2,1H3,(H,26,28). The summed E-state index contributed by atoms with van der Waals surface area (Å²) in [6.45, 7) is 2.20. The molecule has 1 N–H and O–H groups in total. The summed E-state index contributed by atoms with van der Waals surface area (Å²) in [4.78, 5) is 2.26. The van der Waals surface area contributed by atoms with Gasteiger partial charge in [0.1, 0.15) is 0 Å². The van der Waals surface area contributed by atoms with Crippen LogP contribution in [0.2, 0.25) is 0 Å². The van der Waals surface area contributed by atoms with Crippen LogP contribution in [-0.2, 0) is 12.7 Å². The zero-order chi connectivity index (χ0) is 20.4. The second-order valence-electron chi connectivity index (χ2n) is 7.28. The van der Waals surface area contributed by atoms with E-state index in [1.165, 1.54) is 17.7 Å². The van der Waals surface area contributed by atoms with E-state index in [4.69, 9.17) is 0 Å². The van der Waals surface area contributed by atoms with Crippen LogP contribution in [0.1, 0.15) is 23.1 Å². The minimum Gasteiger partial charge on any atom is -0.379 e. The minimum absolute atomic E-state index is 0.266. The lowest BCUT2D eigenvalue weighted by Gasteiger charge is -2.22. The van der Waals surface area contributed by atoms with Crippen molar-refractivity contribution in [3.63, 3.8) is 0 Å². The smallest absolute Gasteiger partial charge is 0.379 e. The summed E-state index contributed by atoms with van der Waals surface area (Å²) < 4.78 is 38.8. The first-order valence-corrected chi connectivity index (χ1v) is 9.43. The zero-order valence-corrected chi connectivity index (χ0v) is 16.0.